The molecule has 0 amide bonds. The van der Waals surface area contributed by atoms with Gasteiger partial charge in [-0.2, -0.15) is 0 Å². The Labute approximate surface area is 173 Å². The lowest BCUT2D eigenvalue weighted by molar-refractivity contribution is -0.134. The summed E-state index contributed by atoms with van der Waals surface area (Å²) in [6, 6.07) is 15.1. The normalized spacial score (nSPS) is 17.9. The summed E-state index contributed by atoms with van der Waals surface area (Å²) >= 11 is 12.2. The third kappa shape index (κ3) is 5.58. The Morgan fingerprint density at radius 1 is 0.964 bits per heavy atom. The molecule has 5 nitrogen and oxygen atoms in total. The number of hydrogen-bond donors (Lipinski definition) is 2. The van der Waals surface area contributed by atoms with E-state index in [1.54, 1.807) is 0 Å². The topological polar surface area (TPSA) is 77.8 Å². The van der Waals surface area contributed by atoms with Gasteiger partial charge in [0.1, 0.15) is 0 Å². The SMILES string of the molecule is CN(C)C1CC(c2ccc(Cl)c(Cl)c2)c2ccccc21.O=C(O)/C=C/C(=O)O. The molecule has 0 aromatic heterocycles. The zero-order valence-electron chi connectivity index (χ0n) is 15.5. The van der Waals surface area contributed by atoms with Gasteiger partial charge in [-0.15, -0.1) is 0 Å². The van der Waals surface area contributed by atoms with Gasteiger partial charge in [0.2, 0.25) is 0 Å². The number of carboxylic acid groups (broad SMARTS) is 2. The summed E-state index contributed by atoms with van der Waals surface area (Å²) < 4.78 is 0. The van der Waals surface area contributed by atoms with Crippen LogP contribution in [0.2, 0.25) is 10.0 Å². The van der Waals surface area contributed by atoms with Crippen molar-refractivity contribution in [3.8, 4) is 0 Å². The van der Waals surface area contributed by atoms with Crippen LogP contribution in [0.5, 0.6) is 0 Å². The van der Waals surface area contributed by atoms with Crippen molar-refractivity contribution in [1.29, 1.82) is 0 Å². The molecule has 0 saturated heterocycles. The van der Waals surface area contributed by atoms with Crippen molar-refractivity contribution >= 4 is 35.1 Å². The third-order valence-electron chi connectivity index (χ3n) is 4.53. The first-order chi connectivity index (χ1) is 13.2. The maximum Gasteiger partial charge on any atom is 0.328 e. The predicted octanol–water partition coefficient (Wildman–Crippen LogP) is 4.84. The van der Waals surface area contributed by atoms with Crippen LogP contribution in [0.4, 0.5) is 0 Å². The molecule has 0 bridgehead atoms. The van der Waals surface area contributed by atoms with E-state index in [4.69, 9.17) is 33.4 Å². The summed E-state index contributed by atoms with van der Waals surface area (Å²) in [6.45, 7) is 0. The molecule has 1 aliphatic carbocycles. The van der Waals surface area contributed by atoms with Crippen LogP contribution in [0.25, 0.3) is 0 Å². The largest absolute Gasteiger partial charge is 0.478 e. The molecule has 28 heavy (non-hydrogen) atoms. The van der Waals surface area contributed by atoms with E-state index in [1.165, 1.54) is 16.7 Å². The van der Waals surface area contributed by atoms with Gasteiger partial charge in [0.15, 0.2) is 0 Å². The van der Waals surface area contributed by atoms with E-state index < -0.39 is 11.9 Å². The van der Waals surface area contributed by atoms with E-state index in [1.807, 2.05) is 12.1 Å². The monoisotopic (exact) mass is 421 g/mol. The van der Waals surface area contributed by atoms with Crippen LogP contribution in [0, 0.1) is 0 Å². The zero-order valence-corrected chi connectivity index (χ0v) is 17.0. The molecule has 148 valence electrons. The smallest absolute Gasteiger partial charge is 0.328 e. The van der Waals surface area contributed by atoms with Gasteiger partial charge in [0.05, 0.1) is 10.0 Å². The van der Waals surface area contributed by atoms with Gasteiger partial charge in [-0.25, -0.2) is 9.59 Å². The highest BCUT2D eigenvalue weighted by atomic mass is 35.5. The third-order valence-corrected chi connectivity index (χ3v) is 5.27. The van der Waals surface area contributed by atoms with Gasteiger partial charge in [-0.1, -0.05) is 53.5 Å². The van der Waals surface area contributed by atoms with E-state index in [9.17, 15) is 9.59 Å². The van der Waals surface area contributed by atoms with E-state index in [-0.39, 0.29) is 0 Å². The molecule has 2 atom stereocenters. The van der Waals surface area contributed by atoms with Gasteiger partial charge < -0.3 is 15.1 Å². The zero-order chi connectivity index (χ0) is 20.8. The second-order valence-corrected chi connectivity index (χ2v) is 7.39. The number of fused-ring (bicyclic) bond motifs is 1. The van der Waals surface area contributed by atoms with Crippen molar-refractivity contribution in [2.75, 3.05) is 14.1 Å². The molecular formula is C21H21Cl2NO4. The van der Waals surface area contributed by atoms with Crippen molar-refractivity contribution in [1.82, 2.24) is 4.90 Å². The van der Waals surface area contributed by atoms with Gasteiger partial charge in [-0.05, 0) is 49.3 Å². The summed E-state index contributed by atoms with van der Waals surface area (Å²) in [7, 11) is 4.28. The molecule has 0 aliphatic heterocycles. The van der Waals surface area contributed by atoms with Crippen LogP contribution in [0.15, 0.2) is 54.6 Å². The van der Waals surface area contributed by atoms with Gasteiger partial charge in [0, 0.05) is 24.1 Å². The first-order valence-electron chi connectivity index (χ1n) is 8.54. The Morgan fingerprint density at radius 2 is 1.54 bits per heavy atom. The molecule has 0 spiro atoms. The Balaban J connectivity index is 0.000000300. The molecule has 3 rings (SSSR count). The number of nitrogens with zero attached hydrogens (tertiary/aromatic N) is 1. The maximum absolute atomic E-state index is 9.55. The molecule has 2 aromatic rings. The van der Waals surface area contributed by atoms with Crippen molar-refractivity contribution in [3.05, 3.63) is 81.4 Å². The number of halogens is 2. The van der Waals surface area contributed by atoms with Crippen LogP contribution >= 0.6 is 23.2 Å². The summed E-state index contributed by atoms with van der Waals surface area (Å²) in [4.78, 5) is 21.4. The second-order valence-electron chi connectivity index (χ2n) is 6.58. The first kappa shape index (κ1) is 22.0. The fourth-order valence-electron chi connectivity index (χ4n) is 3.29. The fourth-order valence-corrected chi connectivity index (χ4v) is 3.59. The minimum atomic E-state index is -1.26. The van der Waals surface area contributed by atoms with Crippen LogP contribution in [0.3, 0.4) is 0 Å². The van der Waals surface area contributed by atoms with Crippen molar-refractivity contribution in [2.24, 2.45) is 0 Å². The number of hydrogen-bond acceptors (Lipinski definition) is 3. The minimum Gasteiger partial charge on any atom is -0.478 e. The quantitative estimate of drug-likeness (QED) is 0.690. The lowest BCUT2D eigenvalue weighted by Crippen LogP contribution is -2.17. The highest BCUT2D eigenvalue weighted by molar-refractivity contribution is 6.42. The van der Waals surface area contributed by atoms with Gasteiger partial charge >= 0.3 is 11.9 Å². The van der Waals surface area contributed by atoms with Crippen LogP contribution in [0.1, 0.15) is 35.1 Å². The molecule has 0 radical (unpaired) electrons. The maximum atomic E-state index is 9.55. The number of benzene rings is 2. The summed E-state index contributed by atoms with van der Waals surface area (Å²) in [6.07, 6.45) is 2.20. The van der Waals surface area contributed by atoms with E-state index in [0.717, 1.165) is 6.42 Å². The molecule has 1 aliphatic rings. The number of carbonyl (C=O) groups is 2. The second kappa shape index (κ2) is 9.73. The Bertz CT molecular complexity index is 880. The van der Waals surface area contributed by atoms with E-state index in [0.29, 0.717) is 34.2 Å². The lowest BCUT2D eigenvalue weighted by atomic mass is 9.93. The lowest BCUT2D eigenvalue weighted by Gasteiger charge is -2.20. The molecular weight excluding hydrogens is 401 g/mol. The molecule has 0 heterocycles. The molecule has 2 aromatic carbocycles. The number of aliphatic carboxylic acids is 2. The van der Waals surface area contributed by atoms with Crippen LogP contribution in [-0.4, -0.2) is 41.1 Å². The Kier molecular flexibility index (Phi) is 7.63. The van der Waals surface area contributed by atoms with Gasteiger partial charge in [-0.3, -0.25) is 0 Å². The highest BCUT2D eigenvalue weighted by Crippen LogP contribution is 2.46. The minimum absolute atomic E-state index is 0.397. The molecule has 0 saturated carbocycles. The van der Waals surface area contributed by atoms with Crippen molar-refractivity contribution in [2.45, 2.75) is 18.4 Å². The Hall–Kier alpha value is -2.34. The number of rotatable bonds is 4. The molecule has 0 fully saturated rings. The molecule has 2 unspecified atom stereocenters. The standard InChI is InChI=1S/C17H17Cl2N.C4H4O4/c1-20(2)17-10-14(12-5-3-4-6-13(12)17)11-7-8-15(18)16(19)9-11;5-3(6)1-2-4(7)8/h3-9,14,17H,10H2,1-2H3;1-2H,(H,5,6)(H,7,8)/b;2-1+. The van der Waals surface area contributed by atoms with Crippen LogP contribution in [-0.2, 0) is 9.59 Å². The highest BCUT2D eigenvalue weighted by Gasteiger charge is 2.32. The van der Waals surface area contributed by atoms with E-state index in [2.05, 4.69) is 49.3 Å². The first-order valence-corrected chi connectivity index (χ1v) is 9.30. The average Bonchev–Trinajstić information content (AvgIpc) is 3.03. The fraction of sp³-hybridized carbons (Fsp3) is 0.238. The summed E-state index contributed by atoms with van der Waals surface area (Å²) in [5.74, 6) is -2.12. The van der Waals surface area contributed by atoms with E-state index >= 15 is 0 Å². The predicted molar refractivity (Wildman–Crippen MR) is 110 cm³/mol. The molecule has 7 heteroatoms. The number of carboxylic acids is 2. The van der Waals surface area contributed by atoms with Crippen LogP contribution < -0.4 is 0 Å². The van der Waals surface area contributed by atoms with Gasteiger partial charge in [0.25, 0.3) is 0 Å². The Morgan fingerprint density at radius 3 is 2.04 bits per heavy atom. The average molecular weight is 422 g/mol. The van der Waals surface area contributed by atoms with Crippen molar-refractivity contribution < 1.29 is 19.8 Å². The summed E-state index contributed by atoms with van der Waals surface area (Å²) in [5, 5.41) is 16.9. The van der Waals surface area contributed by atoms with Crippen molar-refractivity contribution in [3.63, 3.8) is 0 Å². The molecule has 2 N–H and O–H groups in total. The summed E-state index contributed by atoms with van der Waals surface area (Å²) in [5.41, 5.74) is 4.08.